The summed E-state index contributed by atoms with van der Waals surface area (Å²) in [5.41, 5.74) is 4.21. The van der Waals surface area contributed by atoms with Gasteiger partial charge in [-0.2, -0.15) is 5.10 Å². The van der Waals surface area contributed by atoms with Crippen LogP contribution in [0.2, 0.25) is 0 Å². The summed E-state index contributed by atoms with van der Waals surface area (Å²) in [5, 5.41) is 13.4. The predicted octanol–water partition coefficient (Wildman–Crippen LogP) is 2.60. The molecule has 0 radical (unpaired) electrons. The predicted molar refractivity (Wildman–Crippen MR) is 91.6 cm³/mol. The SMILES string of the molecule is CCN(C)C(=O)c1ccc(-n2nc(C)c(CCC(=O)O)c2C)cc1. The number of carbonyl (C=O) groups is 2. The molecule has 2 aromatic rings. The highest BCUT2D eigenvalue weighted by Crippen LogP contribution is 2.20. The molecule has 1 aromatic heterocycles. The molecule has 1 heterocycles. The Kier molecular flexibility index (Phi) is 5.39. The smallest absolute Gasteiger partial charge is 0.303 e. The quantitative estimate of drug-likeness (QED) is 0.884. The topological polar surface area (TPSA) is 75.4 Å². The van der Waals surface area contributed by atoms with Crippen LogP contribution in [0.1, 0.15) is 40.7 Å². The van der Waals surface area contributed by atoms with Gasteiger partial charge in [0.15, 0.2) is 0 Å². The molecule has 0 aliphatic heterocycles. The van der Waals surface area contributed by atoms with Gasteiger partial charge in [-0.25, -0.2) is 4.68 Å². The van der Waals surface area contributed by atoms with E-state index < -0.39 is 5.97 Å². The number of hydrogen-bond acceptors (Lipinski definition) is 3. The van der Waals surface area contributed by atoms with Gasteiger partial charge < -0.3 is 10.0 Å². The lowest BCUT2D eigenvalue weighted by molar-refractivity contribution is -0.136. The Morgan fingerprint density at radius 3 is 2.38 bits per heavy atom. The van der Waals surface area contributed by atoms with E-state index in [-0.39, 0.29) is 12.3 Å². The molecular formula is C18H23N3O3. The number of rotatable bonds is 6. The number of nitrogens with zero attached hydrogens (tertiary/aromatic N) is 3. The minimum Gasteiger partial charge on any atom is -0.481 e. The van der Waals surface area contributed by atoms with Crippen molar-refractivity contribution in [2.75, 3.05) is 13.6 Å². The minimum absolute atomic E-state index is 0.0143. The van der Waals surface area contributed by atoms with Crippen LogP contribution < -0.4 is 0 Å². The number of carboxylic acids is 1. The lowest BCUT2D eigenvalue weighted by Gasteiger charge is -2.14. The van der Waals surface area contributed by atoms with Crippen LogP contribution in [0.3, 0.4) is 0 Å². The molecule has 6 nitrogen and oxygen atoms in total. The average molecular weight is 329 g/mol. The minimum atomic E-state index is -0.815. The zero-order valence-electron chi connectivity index (χ0n) is 14.5. The van der Waals surface area contributed by atoms with E-state index in [1.165, 1.54) is 0 Å². The first kappa shape index (κ1) is 17.7. The van der Waals surface area contributed by atoms with E-state index in [1.807, 2.05) is 32.9 Å². The van der Waals surface area contributed by atoms with E-state index in [1.54, 1.807) is 28.8 Å². The van der Waals surface area contributed by atoms with Crippen molar-refractivity contribution in [2.45, 2.75) is 33.6 Å². The van der Waals surface area contributed by atoms with Crippen molar-refractivity contribution in [1.82, 2.24) is 14.7 Å². The Morgan fingerprint density at radius 1 is 1.21 bits per heavy atom. The van der Waals surface area contributed by atoms with Gasteiger partial charge in [0.1, 0.15) is 0 Å². The summed E-state index contributed by atoms with van der Waals surface area (Å²) in [6, 6.07) is 7.29. The number of aliphatic carboxylic acids is 1. The number of carboxylic acid groups (broad SMARTS) is 1. The first-order valence-electron chi connectivity index (χ1n) is 7.98. The molecule has 1 N–H and O–H groups in total. The van der Waals surface area contributed by atoms with E-state index in [4.69, 9.17) is 5.11 Å². The number of amides is 1. The van der Waals surface area contributed by atoms with E-state index in [2.05, 4.69) is 5.10 Å². The Labute approximate surface area is 141 Å². The highest BCUT2D eigenvalue weighted by molar-refractivity contribution is 5.94. The Hall–Kier alpha value is -2.63. The van der Waals surface area contributed by atoms with E-state index in [0.29, 0.717) is 18.5 Å². The standard InChI is InChI=1S/C18H23N3O3/c1-5-20(4)18(24)14-6-8-15(9-7-14)21-13(3)16(12(2)19-21)10-11-17(22)23/h6-9H,5,10-11H2,1-4H3,(H,22,23). The Morgan fingerprint density at radius 2 is 1.83 bits per heavy atom. The van der Waals surface area contributed by atoms with Crippen molar-refractivity contribution in [3.63, 3.8) is 0 Å². The van der Waals surface area contributed by atoms with Crippen LogP contribution in [0.15, 0.2) is 24.3 Å². The molecule has 0 fully saturated rings. The van der Waals surface area contributed by atoms with Crippen LogP contribution in [-0.4, -0.2) is 45.3 Å². The lowest BCUT2D eigenvalue weighted by atomic mass is 10.1. The molecule has 1 amide bonds. The van der Waals surface area contributed by atoms with E-state index >= 15 is 0 Å². The van der Waals surface area contributed by atoms with Crippen molar-refractivity contribution >= 4 is 11.9 Å². The van der Waals surface area contributed by atoms with Crippen LogP contribution in [0.5, 0.6) is 0 Å². The summed E-state index contributed by atoms with van der Waals surface area (Å²) in [6.45, 7) is 6.40. The molecule has 1 aromatic carbocycles. The van der Waals surface area contributed by atoms with Crippen LogP contribution in [0.4, 0.5) is 0 Å². The van der Waals surface area contributed by atoms with Gasteiger partial charge in [-0.3, -0.25) is 9.59 Å². The maximum atomic E-state index is 12.1. The molecular weight excluding hydrogens is 306 g/mol. The second-order valence-electron chi connectivity index (χ2n) is 5.82. The van der Waals surface area contributed by atoms with Crippen LogP contribution in [-0.2, 0) is 11.2 Å². The molecule has 0 bridgehead atoms. The Bertz CT molecular complexity index is 748. The third-order valence-corrected chi connectivity index (χ3v) is 4.21. The Balaban J connectivity index is 2.28. The maximum Gasteiger partial charge on any atom is 0.303 e. The summed E-state index contributed by atoms with van der Waals surface area (Å²) in [6.07, 6.45) is 0.551. The van der Waals surface area contributed by atoms with Gasteiger partial charge in [0.25, 0.3) is 5.91 Å². The number of benzene rings is 1. The summed E-state index contributed by atoms with van der Waals surface area (Å²) in [5.74, 6) is -0.830. The zero-order valence-corrected chi connectivity index (χ0v) is 14.5. The summed E-state index contributed by atoms with van der Waals surface area (Å²) in [4.78, 5) is 24.6. The molecule has 0 aliphatic carbocycles. The van der Waals surface area contributed by atoms with Crippen LogP contribution in [0, 0.1) is 13.8 Å². The van der Waals surface area contributed by atoms with Gasteiger partial charge in [0.2, 0.25) is 0 Å². The van der Waals surface area contributed by atoms with Crippen molar-refractivity contribution in [3.05, 3.63) is 46.8 Å². The van der Waals surface area contributed by atoms with Crippen LogP contribution in [0.25, 0.3) is 5.69 Å². The first-order chi connectivity index (χ1) is 11.3. The molecule has 0 aliphatic rings. The second kappa shape index (κ2) is 7.29. The second-order valence-corrected chi connectivity index (χ2v) is 5.82. The summed E-state index contributed by atoms with van der Waals surface area (Å²) >= 11 is 0. The third-order valence-electron chi connectivity index (χ3n) is 4.21. The van der Waals surface area contributed by atoms with Crippen molar-refractivity contribution < 1.29 is 14.7 Å². The molecule has 0 saturated heterocycles. The van der Waals surface area contributed by atoms with Crippen molar-refractivity contribution in [1.29, 1.82) is 0 Å². The normalized spacial score (nSPS) is 10.7. The largest absolute Gasteiger partial charge is 0.481 e. The van der Waals surface area contributed by atoms with E-state index in [9.17, 15) is 9.59 Å². The number of aromatic nitrogens is 2. The molecule has 24 heavy (non-hydrogen) atoms. The average Bonchev–Trinajstić information content (AvgIpc) is 2.86. The lowest BCUT2D eigenvalue weighted by Crippen LogP contribution is -2.26. The highest BCUT2D eigenvalue weighted by Gasteiger charge is 2.15. The summed E-state index contributed by atoms with van der Waals surface area (Å²) < 4.78 is 1.80. The van der Waals surface area contributed by atoms with Gasteiger partial charge in [-0.1, -0.05) is 0 Å². The molecule has 6 heteroatoms. The molecule has 0 spiro atoms. The van der Waals surface area contributed by atoms with Crippen molar-refractivity contribution in [3.8, 4) is 5.69 Å². The monoisotopic (exact) mass is 329 g/mol. The molecule has 128 valence electrons. The first-order valence-corrected chi connectivity index (χ1v) is 7.98. The third kappa shape index (κ3) is 3.64. The fourth-order valence-corrected chi connectivity index (χ4v) is 2.63. The molecule has 0 unspecified atom stereocenters. The van der Waals surface area contributed by atoms with Gasteiger partial charge >= 0.3 is 5.97 Å². The maximum absolute atomic E-state index is 12.1. The van der Waals surface area contributed by atoms with Gasteiger partial charge in [-0.15, -0.1) is 0 Å². The zero-order chi connectivity index (χ0) is 17.9. The van der Waals surface area contributed by atoms with Gasteiger partial charge in [-0.05, 0) is 57.0 Å². The molecule has 0 saturated carbocycles. The van der Waals surface area contributed by atoms with Crippen molar-refractivity contribution in [2.24, 2.45) is 0 Å². The fraction of sp³-hybridized carbons (Fsp3) is 0.389. The number of carbonyl (C=O) groups excluding carboxylic acids is 1. The van der Waals surface area contributed by atoms with Crippen LogP contribution >= 0.6 is 0 Å². The molecule has 0 atom stereocenters. The summed E-state index contributed by atoms with van der Waals surface area (Å²) in [7, 11) is 1.77. The van der Waals surface area contributed by atoms with Gasteiger partial charge in [0, 0.05) is 31.3 Å². The molecule has 2 rings (SSSR count). The van der Waals surface area contributed by atoms with E-state index in [0.717, 1.165) is 22.6 Å². The number of hydrogen-bond donors (Lipinski definition) is 1. The number of aryl methyl sites for hydroxylation is 1. The fourth-order valence-electron chi connectivity index (χ4n) is 2.63. The van der Waals surface area contributed by atoms with Gasteiger partial charge in [0.05, 0.1) is 11.4 Å². The highest BCUT2D eigenvalue weighted by atomic mass is 16.4.